The fraction of sp³-hybridized carbons (Fsp3) is 0.115. The van der Waals surface area contributed by atoms with Gasteiger partial charge in [0.05, 0.1) is 11.3 Å². The van der Waals surface area contributed by atoms with Gasteiger partial charge in [-0.05, 0) is 113 Å². The Bertz CT molecular complexity index is 2860. The maximum atomic E-state index is 13.5. The van der Waals surface area contributed by atoms with Gasteiger partial charge < -0.3 is 31.7 Å². The first-order valence-electron chi connectivity index (χ1n) is 20.4. The molecule has 7 aromatic carbocycles. The van der Waals surface area contributed by atoms with E-state index in [1.54, 1.807) is 66.7 Å². The molecule has 0 heterocycles. The van der Waals surface area contributed by atoms with E-state index in [2.05, 4.69) is 42.5 Å². The van der Waals surface area contributed by atoms with Crippen LogP contribution in [0.15, 0.2) is 155 Å². The third kappa shape index (κ3) is 10.3. The molecule has 9 rings (SSSR count). The second-order valence-electron chi connectivity index (χ2n) is 15.0. The first kappa shape index (κ1) is 45.5. The van der Waals surface area contributed by atoms with E-state index in [1.807, 2.05) is 78.9 Å². The summed E-state index contributed by atoms with van der Waals surface area (Å²) in [6.07, 6.45) is 1.86. The van der Waals surface area contributed by atoms with Gasteiger partial charge in [-0.15, -0.1) is 0 Å². The molecule has 0 bridgehead atoms. The Balaban J connectivity index is 0.000000179. The number of hydrogen-bond donors (Lipinski definition) is 6. The Morgan fingerprint density at radius 2 is 0.828 bits per heavy atom. The number of aliphatic hydroxyl groups is 3. The van der Waals surface area contributed by atoms with Crippen molar-refractivity contribution in [3.8, 4) is 0 Å². The second kappa shape index (κ2) is 20.8. The van der Waals surface area contributed by atoms with Crippen molar-refractivity contribution >= 4 is 83.4 Å². The predicted octanol–water partition coefficient (Wildman–Crippen LogP) is 9.81. The van der Waals surface area contributed by atoms with Crippen molar-refractivity contribution in [2.75, 3.05) is 36.2 Å². The largest absolute Gasteiger partial charge is 0.399 e. The summed E-state index contributed by atoms with van der Waals surface area (Å²) in [6.45, 7) is 0.361. The maximum Gasteiger partial charge on any atom is 0.196 e. The summed E-state index contributed by atoms with van der Waals surface area (Å²) in [4.78, 5) is 51.7. The van der Waals surface area contributed by atoms with Crippen LogP contribution in [-0.4, -0.2) is 58.3 Å². The topological polar surface area (TPSA) is 179 Å². The Labute approximate surface area is 387 Å². The van der Waals surface area contributed by atoms with E-state index in [0.717, 1.165) is 38.2 Å². The number of carbonyl (C=O) groups excluding carboxylic acids is 4. The van der Waals surface area contributed by atoms with E-state index in [0.29, 0.717) is 79.6 Å². The van der Waals surface area contributed by atoms with Crippen molar-refractivity contribution in [3.05, 3.63) is 216 Å². The van der Waals surface area contributed by atoms with Gasteiger partial charge in [0.1, 0.15) is 0 Å². The van der Waals surface area contributed by atoms with Crippen LogP contribution in [0.2, 0.25) is 0 Å². The Morgan fingerprint density at radius 1 is 0.422 bits per heavy atom. The van der Waals surface area contributed by atoms with Crippen LogP contribution in [-0.2, 0) is 19.3 Å². The smallest absolute Gasteiger partial charge is 0.196 e. The van der Waals surface area contributed by atoms with Crippen LogP contribution in [0.3, 0.4) is 0 Å². The van der Waals surface area contributed by atoms with Crippen LogP contribution in [0.5, 0.6) is 0 Å². The summed E-state index contributed by atoms with van der Waals surface area (Å²) in [6, 6.07) is 43.7. The highest BCUT2D eigenvalue weighted by Gasteiger charge is 2.33. The molecule has 64 heavy (non-hydrogen) atoms. The molecule has 0 atom stereocenters. The normalized spacial score (nSPS) is 12.1. The number of halogens is 2. The monoisotopic (exact) mass is 979 g/mol. The number of anilines is 5. The van der Waals surface area contributed by atoms with E-state index in [4.69, 9.17) is 15.9 Å². The van der Waals surface area contributed by atoms with Gasteiger partial charge in [-0.3, -0.25) is 19.2 Å². The Hall–Kier alpha value is -6.54. The van der Waals surface area contributed by atoms with Gasteiger partial charge >= 0.3 is 0 Å². The molecular formula is C52H43Br2N3O7. The summed E-state index contributed by atoms with van der Waals surface area (Å²) in [5.41, 5.74) is 15.5. The fourth-order valence-corrected chi connectivity index (χ4v) is 8.85. The number of rotatable bonds is 10. The van der Waals surface area contributed by atoms with Crippen LogP contribution < -0.4 is 16.4 Å². The molecule has 0 saturated carbocycles. The number of benzene rings is 7. The van der Waals surface area contributed by atoms with Gasteiger partial charge in [-0.25, -0.2) is 0 Å². The first-order chi connectivity index (χ1) is 31.0. The van der Waals surface area contributed by atoms with Gasteiger partial charge in [0, 0.05) is 90.5 Å². The molecule has 0 saturated heterocycles. The summed E-state index contributed by atoms with van der Waals surface area (Å²) < 4.78 is 1.41. The highest BCUT2D eigenvalue weighted by Crippen LogP contribution is 2.38. The van der Waals surface area contributed by atoms with E-state index in [-0.39, 0.29) is 43.0 Å². The maximum absolute atomic E-state index is 13.5. The standard InChI is InChI=1S/C30H26N2O4.C14H6Br2O2.C8H11NO/c33-15-13-19-5-9-21(10-6-19)31-23-17-26-28(30(36)25-4-2-1-3-24(25)29(26)35)27(18-23)32-22-11-7-20(8-12-22)14-16-34;15-7-5-10-12(11(16)6-7)14(18)9-4-2-1-3-8(9)13(10)17;9-8-3-1-7(2-4-8)5-6-10/h1-12,17-18,31-34H,13-16H2;1-6H;1-4,10H,5-6,9H2. The van der Waals surface area contributed by atoms with Gasteiger partial charge in [0.15, 0.2) is 23.1 Å². The highest BCUT2D eigenvalue weighted by molar-refractivity contribution is 9.11. The lowest BCUT2D eigenvalue weighted by molar-refractivity contribution is 0.0978. The summed E-state index contributed by atoms with van der Waals surface area (Å²) in [5.74, 6) is -0.607. The van der Waals surface area contributed by atoms with E-state index >= 15 is 0 Å². The lowest BCUT2D eigenvalue weighted by Gasteiger charge is -2.22. The van der Waals surface area contributed by atoms with Gasteiger partial charge in [-0.1, -0.05) is 101 Å². The lowest BCUT2D eigenvalue weighted by atomic mass is 9.83. The van der Waals surface area contributed by atoms with E-state index in [9.17, 15) is 24.3 Å². The van der Waals surface area contributed by atoms with E-state index in [1.165, 1.54) is 0 Å². The molecule has 7 aromatic rings. The minimum absolute atomic E-state index is 0.0744. The van der Waals surface area contributed by atoms with Gasteiger partial charge in [0.25, 0.3) is 0 Å². The predicted molar refractivity (Wildman–Crippen MR) is 258 cm³/mol. The molecule has 0 radical (unpaired) electrons. The molecule has 322 valence electrons. The van der Waals surface area contributed by atoms with Crippen molar-refractivity contribution in [3.63, 3.8) is 0 Å². The number of nitrogens with one attached hydrogen (secondary N) is 2. The summed E-state index contributed by atoms with van der Waals surface area (Å²) in [5, 5.41) is 33.6. The third-order valence-corrected chi connectivity index (χ3v) is 11.7. The fourth-order valence-electron chi connectivity index (χ4n) is 7.44. The number of nitrogen functional groups attached to an aromatic ring is 1. The number of fused-ring (bicyclic) bond motifs is 4. The zero-order valence-electron chi connectivity index (χ0n) is 34.4. The van der Waals surface area contributed by atoms with Gasteiger partial charge in [0.2, 0.25) is 0 Å². The SMILES string of the molecule is Nc1ccc(CCO)cc1.O=C1c2ccccc2C(=O)c2c(Br)cc(Br)cc21.O=C1c2ccccc2C(=O)c2c(Nc3ccc(CCO)cc3)cc(Nc3ccc(CCO)cc3)cc21. The zero-order valence-corrected chi connectivity index (χ0v) is 37.6. The second-order valence-corrected chi connectivity index (χ2v) is 16.7. The quantitative estimate of drug-likeness (QED) is 0.0723. The number of aliphatic hydroxyl groups excluding tert-OH is 3. The lowest BCUT2D eigenvalue weighted by Crippen LogP contribution is -2.22. The van der Waals surface area contributed by atoms with Crippen LogP contribution in [0, 0.1) is 0 Å². The molecule has 2 aliphatic rings. The van der Waals surface area contributed by atoms with Crippen molar-refractivity contribution in [2.24, 2.45) is 0 Å². The molecule has 0 fully saturated rings. The highest BCUT2D eigenvalue weighted by atomic mass is 79.9. The summed E-state index contributed by atoms with van der Waals surface area (Å²) in [7, 11) is 0. The summed E-state index contributed by atoms with van der Waals surface area (Å²) >= 11 is 6.68. The molecule has 7 N–H and O–H groups in total. The molecule has 0 amide bonds. The number of hydrogen-bond acceptors (Lipinski definition) is 10. The zero-order chi connectivity index (χ0) is 45.3. The van der Waals surface area contributed by atoms with Crippen LogP contribution in [0.25, 0.3) is 0 Å². The third-order valence-electron chi connectivity index (χ3n) is 10.6. The van der Waals surface area contributed by atoms with Crippen molar-refractivity contribution in [1.29, 1.82) is 0 Å². The minimum atomic E-state index is -0.195. The van der Waals surface area contributed by atoms with Gasteiger partial charge in [-0.2, -0.15) is 0 Å². The number of nitrogens with two attached hydrogens (primary N) is 1. The molecule has 0 spiro atoms. The number of ketones is 4. The van der Waals surface area contributed by atoms with Crippen LogP contribution in [0.4, 0.5) is 28.4 Å². The van der Waals surface area contributed by atoms with Crippen LogP contribution in [0.1, 0.15) is 80.4 Å². The average molecular weight is 982 g/mol. The molecule has 0 aromatic heterocycles. The molecule has 12 heteroatoms. The van der Waals surface area contributed by atoms with Crippen LogP contribution >= 0.6 is 31.9 Å². The Morgan fingerprint density at radius 3 is 1.30 bits per heavy atom. The van der Waals surface area contributed by atoms with Crippen molar-refractivity contribution in [1.82, 2.24) is 0 Å². The molecule has 10 nitrogen and oxygen atoms in total. The molecule has 2 aliphatic carbocycles. The Kier molecular flexibility index (Phi) is 14.8. The molecule has 0 aliphatic heterocycles. The first-order valence-corrected chi connectivity index (χ1v) is 22.0. The minimum Gasteiger partial charge on any atom is -0.399 e. The molecule has 0 unspecified atom stereocenters. The average Bonchev–Trinajstić information content (AvgIpc) is 3.30. The number of carbonyl (C=O) groups is 4. The van der Waals surface area contributed by atoms with Crippen molar-refractivity contribution < 1.29 is 34.5 Å². The van der Waals surface area contributed by atoms with Crippen molar-refractivity contribution in [2.45, 2.75) is 19.3 Å². The molecular weight excluding hydrogens is 938 g/mol. The van der Waals surface area contributed by atoms with E-state index < -0.39 is 0 Å².